The Balaban J connectivity index is 1.48. The fourth-order valence-electron chi connectivity index (χ4n) is 2.92. The van der Waals surface area contributed by atoms with E-state index in [0.29, 0.717) is 18.8 Å². The second kappa shape index (κ2) is 6.95. The Morgan fingerprint density at radius 3 is 2.83 bits per heavy atom. The summed E-state index contributed by atoms with van der Waals surface area (Å²) in [5, 5.41) is 5.58. The zero-order valence-electron chi connectivity index (χ0n) is 12.8. The molecule has 0 spiro atoms. The Labute approximate surface area is 134 Å². The molecule has 6 nitrogen and oxygen atoms in total. The van der Waals surface area contributed by atoms with Gasteiger partial charge in [0, 0.05) is 31.8 Å². The summed E-state index contributed by atoms with van der Waals surface area (Å²) < 4.78 is 18.4. The SMILES string of the molecule is O=C(NCC1CCCO1)NC1CC(=O)N(c2ccc(F)cc2)C1. The molecule has 7 heteroatoms. The summed E-state index contributed by atoms with van der Waals surface area (Å²) in [6.07, 6.45) is 2.31. The van der Waals surface area contributed by atoms with E-state index in [-0.39, 0.29) is 36.3 Å². The van der Waals surface area contributed by atoms with Crippen LogP contribution in [0.2, 0.25) is 0 Å². The molecule has 2 aliphatic heterocycles. The standard InChI is InChI=1S/C16H20FN3O3/c17-11-3-5-13(6-4-11)20-10-12(8-15(20)21)19-16(22)18-9-14-2-1-7-23-14/h3-6,12,14H,1-2,7-10H2,(H2,18,19,22). The van der Waals surface area contributed by atoms with Crippen LogP contribution in [0, 0.1) is 5.82 Å². The summed E-state index contributed by atoms with van der Waals surface area (Å²) in [6, 6.07) is 5.21. The van der Waals surface area contributed by atoms with E-state index in [9.17, 15) is 14.0 Å². The number of carbonyl (C=O) groups excluding carboxylic acids is 2. The largest absolute Gasteiger partial charge is 0.376 e. The zero-order valence-corrected chi connectivity index (χ0v) is 12.8. The first-order chi connectivity index (χ1) is 11.1. The maximum absolute atomic E-state index is 13.0. The predicted molar refractivity (Wildman–Crippen MR) is 82.7 cm³/mol. The zero-order chi connectivity index (χ0) is 16.2. The molecule has 0 saturated carbocycles. The van der Waals surface area contributed by atoms with Gasteiger partial charge in [0.1, 0.15) is 5.82 Å². The van der Waals surface area contributed by atoms with E-state index in [1.54, 1.807) is 17.0 Å². The van der Waals surface area contributed by atoms with E-state index >= 15 is 0 Å². The van der Waals surface area contributed by atoms with Gasteiger partial charge in [-0.1, -0.05) is 0 Å². The van der Waals surface area contributed by atoms with Crippen molar-refractivity contribution in [2.24, 2.45) is 0 Å². The minimum absolute atomic E-state index is 0.0824. The van der Waals surface area contributed by atoms with Crippen LogP contribution in [-0.2, 0) is 9.53 Å². The number of halogens is 1. The predicted octanol–water partition coefficient (Wildman–Crippen LogP) is 1.41. The lowest BCUT2D eigenvalue weighted by molar-refractivity contribution is -0.117. The molecule has 0 radical (unpaired) electrons. The molecule has 1 aromatic carbocycles. The van der Waals surface area contributed by atoms with E-state index in [1.807, 2.05) is 0 Å². The molecular formula is C16H20FN3O3. The van der Waals surface area contributed by atoms with Gasteiger partial charge < -0.3 is 20.3 Å². The molecule has 2 unspecified atom stereocenters. The minimum Gasteiger partial charge on any atom is -0.376 e. The first-order valence-corrected chi connectivity index (χ1v) is 7.84. The summed E-state index contributed by atoms with van der Waals surface area (Å²) in [5.41, 5.74) is 0.639. The molecule has 23 heavy (non-hydrogen) atoms. The molecule has 2 saturated heterocycles. The smallest absolute Gasteiger partial charge is 0.315 e. The number of anilines is 1. The van der Waals surface area contributed by atoms with Gasteiger partial charge in [0.25, 0.3) is 0 Å². The Hall–Kier alpha value is -2.15. The Morgan fingerprint density at radius 1 is 1.35 bits per heavy atom. The van der Waals surface area contributed by atoms with E-state index in [0.717, 1.165) is 19.4 Å². The molecule has 0 aliphatic carbocycles. The molecule has 2 atom stereocenters. The van der Waals surface area contributed by atoms with Crippen LogP contribution in [0.3, 0.4) is 0 Å². The van der Waals surface area contributed by atoms with Crippen molar-refractivity contribution in [1.82, 2.24) is 10.6 Å². The van der Waals surface area contributed by atoms with E-state index in [1.165, 1.54) is 12.1 Å². The molecule has 3 rings (SSSR count). The van der Waals surface area contributed by atoms with Crippen LogP contribution in [0.1, 0.15) is 19.3 Å². The molecule has 2 aliphatic rings. The number of carbonyl (C=O) groups is 2. The molecule has 2 fully saturated rings. The third-order valence-corrected chi connectivity index (χ3v) is 4.11. The van der Waals surface area contributed by atoms with Crippen molar-refractivity contribution in [3.05, 3.63) is 30.1 Å². The molecule has 0 bridgehead atoms. The summed E-state index contributed by atoms with van der Waals surface area (Å²) >= 11 is 0. The van der Waals surface area contributed by atoms with Crippen LogP contribution in [0.5, 0.6) is 0 Å². The van der Waals surface area contributed by atoms with E-state index in [4.69, 9.17) is 4.74 Å². The van der Waals surface area contributed by atoms with Crippen molar-refractivity contribution < 1.29 is 18.7 Å². The van der Waals surface area contributed by atoms with Crippen molar-refractivity contribution in [3.8, 4) is 0 Å². The molecule has 2 heterocycles. The topological polar surface area (TPSA) is 70.7 Å². The summed E-state index contributed by atoms with van der Waals surface area (Å²) in [5.74, 6) is -0.426. The van der Waals surface area contributed by atoms with Gasteiger partial charge in [-0.05, 0) is 37.1 Å². The van der Waals surface area contributed by atoms with Crippen LogP contribution in [0.15, 0.2) is 24.3 Å². The molecule has 2 N–H and O–H groups in total. The average molecular weight is 321 g/mol. The fourth-order valence-corrected chi connectivity index (χ4v) is 2.92. The summed E-state index contributed by atoms with van der Waals surface area (Å²) in [6.45, 7) is 1.61. The fraction of sp³-hybridized carbons (Fsp3) is 0.500. The Bertz CT molecular complexity index is 572. The maximum Gasteiger partial charge on any atom is 0.315 e. The lowest BCUT2D eigenvalue weighted by atomic mass is 10.2. The van der Waals surface area contributed by atoms with Crippen LogP contribution in [-0.4, -0.2) is 43.8 Å². The van der Waals surface area contributed by atoms with Gasteiger partial charge >= 0.3 is 6.03 Å². The number of hydrogen-bond acceptors (Lipinski definition) is 3. The van der Waals surface area contributed by atoms with Crippen LogP contribution >= 0.6 is 0 Å². The summed E-state index contributed by atoms with van der Waals surface area (Å²) in [7, 11) is 0. The van der Waals surface area contributed by atoms with Crippen molar-refractivity contribution in [2.45, 2.75) is 31.4 Å². The van der Waals surface area contributed by atoms with Crippen molar-refractivity contribution in [2.75, 3.05) is 24.6 Å². The molecule has 124 valence electrons. The van der Waals surface area contributed by atoms with Crippen molar-refractivity contribution in [1.29, 1.82) is 0 Å². The molecule has 1 aromatic rings. The van der Waals surface area contributed by atoms with E-state index in [2.05, 4.69) is 10.6 Å². The highest BCUT2D eigenvalue weighted by Crippen LogP contribution is 2.21. The normalized spacial score (nSPS) is 24.0. The van der Waals surface area contributed by atoms with Crippen LogP contribution in [0.4, 0.5) is 14.9 Å². The first kappa shape index (κ1) is 15.7. The van der Waals surface area contributed by atoms with Gasteiger partial charge in [0.05, 0.1) is 12.1 Å². The number of nitrogens with zero attached hydrogens (tertiary/aromatic N) is 1. The second-order valence-corrected chi connectivity index (χ2v) is 5.87. The highest BCUT2D eigenvalue weighted by Gasteiger charge is 2.31. The number of ether oxygens (including phenoxy) is 1. The van der Waals surface area contributed by atoms with Crippen molar-refractivity contribution in [3.63, 3.8) is 0 Å². The summed E-state index contributed by atoms with van der Waals surface area (Å²) in [4.78, 5) is 25.5. The van der Waals surface area contributed by atoms with Crippen LogP contribution in [0.25, 0.3) is 0 Å². The Morgan fingerprint density at radius 2 is 2.13 bits per heavy atom. The third kappa shape index (κ3) is 3.98. The second-order valence-electron chi connectivity index (χ2n) is 5.87. The lowest BCUT2D eigenvalue weighted by Crippen LogP contribution is -2.45. The molecule has 3 amide bonds. The first-order valence-electron chi connectivity index (χ1n) is 7.84. The van der Waals surface area contributed by atoms with Gasteiger partial charge in [-0.2, -0.15) is 0 Å². The van der Waals surface area contributed by atoms with Gasteiger partial charge in [0.15, 0.2) is 0 Å². The minimum atomic E-state index is -0.344. The Kier molecular flexibility index (Phi) is 4.76. The van der Waals surface area contributed by atoms with Gasteiger partial charge in [0.2, 0.25) is 5.91 Å². The lowest BCUT2D eigenvalue weighted by Gasteiger charge is -2.18. The van der Waals surface area contributed by atoms with Gasteiger partial charge in [-0.3, -0.25) is 4.79 Å². The highest BCUT2D eigenvalue weighted by atomic mass is 19.1. The van der Waals surface area contributed by atoms with Crippen LogP contribution < -0.4 is 15.5 Å². The molecular weight excluding hydrogens is 301 g/mol. The van der Waals surface area contributed by atoms with Gasteiger partial charge in [-0.15, -0.1) is 0 Å². The maximum atomic E-state index is 13.0. The number of urea groups is 1. The average Bonchev–Trinajstić information content (AvgIpc) is 3.16. The third-order valence-electron chi connectivity index (χ3n) is 4.11. The quantitative estimate of drug-likeness (QED) is 0.881. The number of amides is 3. The number of nitrogens with one attached hydrogen (secondary N) is 2. The number of rotatable bonds is 4. The molecule has 0 aromatic heterocycles. The number of hydrogen-bond donors (Lipinski definition) is 2. The van der Waals surface area contributed by atoms with E-state index < -0.39 is 0 Å². The van der Waals surface area contributed by atoms with Crippen molar-refractivity contribution >= 4 is 17.6 Å². The monoisotopic (exact) mass is 321 g/mol. The van der Waals surface area contributed by atoms with Gasteiger partial charge in [-0.25, -0.2) is 9.18 Å². The number of benzene rings is 1. The highest BCUT2D eigenvalue weighted by molar-refractivity contribution is 5.96.